The molecule has 0 saturated carbocycles. The van der Waals surface area contributed by atoms with Crippen molar-refractivity contribution < 1.29 is 19.4 Å². The highest BCUT2D eigenvalue weighted by Crippen LogP contribution is 2.44. The van der Waals surface area contributed by atoms with Gasteiger partial charge in [0.05, 0.1) is 12.0 Å². The molecule has 0 saturated heterocycles. The number of carboxylic acids is 1. The van der Waals surface area contributed by atoms with E-state index in [1.165, 1.54) is 0 Å². The van der Waals surface area contributed by atoms with Crippen molar-refractivity contribution in [2.45, 2.75) is 18.4 Å². The minimum Gasteiger partial charge on any atom is -0.548 e. The number of hydrogen-bond donors (Lipinski definition) is 1. The van der Waals surface area contributed by atoms with E-state index in [0.717, 1.165) is 22.3 Å². The molecule has 1 amide bonds. The van der Waals surface area contributed by atoms with E-state index in [0.29, 0.717) is 10.6 Å². The number of nitrogens with one attached hydrogen (secondary N) is 1. The number of hydrogen-bond acceptors (Lipinski definition) is 4. The molecule has 0 bridgehead atoms. The van der Waals surface area contributed by atoms with Gasteiger partial charge in [-0.2, -0.15) is 0 Å². The van der Waals surface area contributed by atoms with Crippen molar-refractivity contribution in [3.63, 3.8) is 0 Å². The number of carbonyl (C=O) groups is 2. The second-order valence-corrected chi connectivity index (χ2v) is 7.54. The van der Waals surface area contributed by atoms with Crippen LogP contribution >= 0.6 is 11.6 Å². The summed E-state index contributed by atoms with van der Waals surface area (Å²) in [4.78, 5) is 23.9. The summed E-state index contributed by atoms with van der Waals surface area (Å²) in [6, 6.07) is 21.6. The minimum atomic E-state index is -1.40. The summed E-state index contributed by atoms with van der Waals surface area (Å²) in [7, 11) is 0. The molecule has 0 unspecified atom stereocenters. The molecule has 0 radical (unpaired) electrons. The number of benzene rings is 3. The number of rotatable bonds is 6. The second-order valence-electron chi connectivity index (χ2n) is 7.14. The third-order valence-electron chi connectivity index (χ3n) is 5.30. The van der Waals surface area contributed by atoms with Crippen LogP contribution in [0.2, 0.25) is 5.02 Å². The highest BCUT2D eigenvalue weighted by molar-refractivity contribution is 6.31. The lowest BCUT2D eigenvalue weighted by Gasteiger charge is -2.21. The van der Waals surface area contributed by atoms with Crippen LogP contribution in [0.1, 0.15) is 22.6 Å². The monoisotopic (exact) mass is 420 g/mol. The predicted octanol–water partition coefficient (Wildman–Crippen LogP) is 3.54. The summed E-state index contributed by atoms with van der Waals surface area (Å²) in [5.41, 5.74) is 5.01. The van der Waals surface area contributed by atoms with Crippen LogP contribution in [-0.2, 0) is 16.0 Å². The van der Waals surface area contributed by atoms with Gasteiger partial charge in [-0.3, -0.25) is 0 Å². The maximum Gasteiger partial charge on any atom is 0.407 e. The molecule has 1 aliphatic rings. The fraction of sp³-hybridized carbons (Fsp3) is 0.167. The first kappa shape index (κ1) is 20.0. The van der Waals surface area contributed by atoms with Crippen molar-refractivity contribution in [3.8, 4) is 11.1 Å². The van der Waals surface area contributed by atoms with Crippen molar-refractivity contribution in [2.75, 3.05) is 6.61 Å². The molecular weight excluding hydrogens is 402 g/mol. The smallest absolute Gasteiger partial charge is 0.407 e. The number of carboxylic acid groups (broad SMARTS) is 1. The van der Waals surface area contributed by atoms with Crippen molar-refractivity contribution in [1.29, 1.82) is 0 Å². The zero-order valence-corrected chi connectivity index (χ0v) is 16.8. The molecule has 1 atom stereocenters. The van der Waals surface area contributed by atoms with Crippen LogP contribution in [0.15, 0.2) is 72.8 Å². The van der Waals surface area contributed by atoms with Gasteiger partial charge in [0.25, 0.3) is 0 Å². The maximum atomic E-state index is 12.4. The number of aliphatic carboxylic acids is 1. The molecule has 30 heavy (non-hydrogen) atoms. The Hall–Kier alpha value is -3.31. The Labute approximate surface area is 179 Å². The molecule has 6 heteroatoms. The van der Waals surface area contributed by atoms with E-state index in [-0.39, 0.29) is 18.9 Å². The number of fused-ring (bicyclic) bond motifs is 3. The Morgan fingerprint density at radius 2 is 1.50 bits per heavy atom. The van der Waals surface area contributed by atoms with Gasteiger partial charge in [0, 0.05) is 10.9 Å². The summed E-state index contributed by atoms with van der Waals surface area (Å²) >= 11 is 6.10. The number of carbonyl (C=O) groups excluding carboxylic acids is 2. The molecule has 1 N–H and O–H groups in total. The Kier molecular flexibility index (Phi) is 5.72. The minimum absolute atomic E-state index is 0.00615. The van der Waals surface area contributed by atoms with Crippen LogP contribution in [0.4, 0.5) is 4.79 Å². The molecule has 4 rings (SSSR count). The fourth-order valence-electron chi connectivity index (χ4n) is 3.86. The van der Waals surface area contributed by atoms with E-state index in [1.54, 1.807) is 24.3 Å². The van der Waals surface area contributed by atoms with Gasteiger partial charge in [-0.05, 0) is 40.3 Å². The van der Waals surface area contributed by atoms with Crippen LogP contribution in [0.25, 0.3) is 11.1 Å². The summed E-state index contributed by atoms with van der Waals surface area (Å²) in [5.74, 6) is -1.50. The van der Waals surface area contributed by atoms with Crippen molar-refractivity contribution in [3.05, 3.63) is 94.5 Å². The lowest BCUT2D eigenvalue weighted by atomic mass is 9.98. The van der Waals surface area contributed by atoms with Gasteiger partial charge in [-0.1, -0.05) is 78.3 Å². The molecule has 1 aliphatic carbocycles. The molecule has 0 spiro atoms. The molecule has 3 aromatic rings. The Morgan fingerprint density at radius 3 is 2.10 bits per heavy atom. The number of ether oxygens (including phenoxy) is 1. The summed E-state index contributed by atoms with van der Waals surface area (Å²) < 4.78 is 5.41. The van der Waals surface area contributed by atoms with Crippen molar-refractivity contribution >= 4 is 23.7 Å². The Balaban J connectivity index is 1.44. The Morgan fingerprint density at radius 1 is 0.933 bits per heavy atom. The number of alkyl carbamates (subject to hydrolysis) is 1. The third-order valence-corrected chi connectivity index (χ3v) is 5.67. The zero-order valence-electron chi connectivity index (χ0n) is 16.0. The molecule has 0 aromatic heterocycles. The van der Waals surface area contributed by atoms with Gasteiger partial charge >= 0.3 is 6.09 Å². The average Bonchev–Trinajstić information content (AvgIpc) is 3.07. The second kappa shape index (κ2) is 8.59. The predicted molar refractivity (Wildman–Crippen MR) is 112 cm³/mol. The molecular formula is C24H19ClNO4-. The van der Waals surface area contributed by atoms with E-state index in [9.17, 15) is 14.7 Å². The molecule has 5 nitrogen and oxygen atoms in total. The van der Waals surface area contributed by atoms with E-state index in [2.05, 4.69) is 5.32 Å². The first-order chi connectivity index (χ1) is 14.5. The van der Waals surface area contributed by atoms with Crippen molar-refractivity contribution in [1.82, 2.24) is 5.32 Å². The zero-order chi connectivity index (χ0) is 21.1. The SMILES string of the molecule is O=C(N[C@@H](Cc1ccccc1Cl)C(=O)[O-])OCC1c2ccccc2-c2ccccc21. The first-order valence-corrected chi connectivity index (χ1v) is 9.98. The van der Waals surface area contributed by atoms with Gasteiger partial charge in [0.15, 0.2) is 0 Å². The molecule has 3 aromatic carbocycles. The lowest BCUT2D eigenvalue weighted by molar-refractivity contribution is -0.308. The van der Waals surface area contributed by atoms with E-state index in [1.807, 2.05) is 48.5 Å². The van der Waals surface area contributed by atoms with Gasteiger partial charge < -0.3 is 20.0 Å². The normalized spacial score (nSPS) is 13.2. The number of halogens is 1. The third kappa shape index (κ3) is 4.02. The molecule has 0 fully saturated rings. The molecule has 152 valence electrons. The average molecular weight is 421 g/mol. The topological polar surface area (TPSA) is 78.5 Å². The summed E-state index contributed by atoms with van der Waals surface area (Å²) in [6.07, 6.45) is -0.801. The lowest BCUT2D eigenvalue weighted by Crippen LogP contribution is -2.49. The van der Waals surface area contributed by atoms with Crippen LogP contribution in [0, 0.1) is 0 Å². The van der Waals surface area contributed by atoms with E-state index in [4.69, 9.17) is 16.3 Å². The van der Waals surface area contributed by atoms with Gasteiger partial charge in [0.1, 0.15) is 6.61 Å². The van der Waals surface area contributed by atoms with Gasteiger partial charge in [-0.15, -0.1) is 0 Å². The summed E-state index contributed by atoms with van der Waals surface area (Å²) in [5, 5.41) is 14.3. The quantitative estimate of drug-likeness (QED) is 0.661. The standard InChI is InChI=1S/C24H20ClNO4/c25-21-12-6-1-7-15(21)13-22(23(27)28)26-24(29)30-14-20-18-10-4-2-8-16(18)17-9-3-5-11-19(17)20/h1-12,20,22H,13-14H2,(H,26,29)(H,27,28)/p-1/t22-/m0/s1. The Bertz CT molecular complexity index is 1050. The van der Waals surface area contributed by atoms with Crippen LogP contribution in [0.3, 0.4) is 0 Å². The maximum absolute atomic E-state index is 12.4. The van der Waals surface area contributed by atoms with Gasteiger partial charge in [-0.25, -0.2) is 4.79 Å². The van der Waals surface area contributed by atoms with Gasteiger partial charge in [0.2, 0.25) is 0 Å². The first-order valence-electron chi connectivity index (χ1n) is 9.60. The molecule has 0 aliphatic heterocycles. The summed E-state index contributed by atoms with van der Waals surface area (Å²) in [6.45, 7) is 0.103. The van der Waals surface area contributed by atoms with Crippen LogP contribution in [-0.4, -0.2) is 24.7 Å². The van der Waals surface area contributed by atoms with Crippen LogP contribution in [0.5, 0.6) is 0 Å². The highest BCUT2D eigenvalue weighted by atomic mass is 35.5. The fourth-order valence-corrected chi connectivity index (χ4v) is 4.07. The largest absolute Gasteiger partial charge is 0.548 e. The van der Waals surface area contributed by atoms with Crippen molar-refractivity contribution in [2.24, 2.45) is 0 Å². The van der Waals surface area contributed by atoms with E-state index < -0.39 is 18.1 Å². The number of amides is 1. The highest BCUT2D eigenvalue weighted by Gasteiger charge is 2.29. The van der Waals surface area contributed by atoms with E-state index >= 15 is 0 Å². The molecule has 0 heterocycles. The van der Waals surface area contributed by atoms with Crippen LogP contribution < -0.4 is 10.4 Å².